The lowest BCUT2D eigenvalue weighted by Crippen LogP contribution is -2.45. The molecule has 0 unspecified atom stereocenters. The minimum Gasteiger partial charge on any atom is -0.466 e. The fourth-order valence-corrected chi connectivity index (χ4v) is 2.91. The number of hydroxylamine groups is 2. The molecule has 1 fully saturated rings. The molecule has 0 saturated carbocycles. The van der Waals surface area contributed by atoms with Crippen LogP contribution in [0.15, 0.2) is 0 Å². The van der Waals surface area contributed by atoms with Gasteiger partial charge in [0.05, 0.1) is 24.7 Å². The molecule has 9 nitrogen and oxygen atoms in total. The summed E-state index contributed by atoms with van der Waals surface area (Å²) in [6.45, 7) is 6.56. The number of carbonyl (C=O) groups excluding carboxylic acids is 2. The summed E-state index contributed by atoms with van der Waals surface area (Å²) in [4.78, 5) is 25.3. The van der Waals surface area contributed by atoms with E-state index in [9.17, 15) is 18.0 Å². The van der Waals surface area contributed by atoms with Crippen molar-refractivity contribution in [3.63, 3.8) is 0 Å². The Morgan fingerprint density at radius 2 is 2.00 bits per heavy atom. The molecule has 0 N–H and O–H groups in total. The number of rotatable bonds is 7. The second-order valence-electron chi connectivity index (χ2n) is 6.37. The highest BCUT2D eigenvalue weighted by Gasteiger charge is 2.36. The van der Waals surface area contributed by atoms with Gasteiger partial charge in [0.15, 0.2) is 0 Å². The molecular weight excluding hydrogens is 340 g/mol. The molecule has 1 aliphatic heterocycles. The smallest absolute Gasteiger partial charge is 0.421 e. The summed E-state index contributed by atoms with van der Waals surface area (Å²) in [6.07, 6.45) is 1.33. The summed E-state index contributed by atoms with van der Waals surface area (Å²) >= 11 is 0. The SMILES string of the molecule is CCOC(=O)C(C)(C)COS(=O)(=O)ON1C(=O)N(C)CCC[C@@H]1C. The fraction of sp³-hybridized carbons (Fsp3) is 0.857. The Morgan fingerprint density at radius 3 is 2.58 bits per heavy atom. The van der Waals surface area contributed by atoms with Gasteiger partial charge in [0, 0.05) is 13.6 Å². The number of nitrogens with zero attached hydrogens (tertiary/aromatic N) is 2. The molecule has 1 rings (SSSR count). The van der Waals surface area contributed by atoms with Gasteiger partial charge in [-0.1, -0.05) is 0 Å². The molecule has 10 heteroatoms. The highest BCUT2D eigenvalue weighted by atomic mass is 32.3. The maximum Gasteiger partial charge on any atom is 0.421 e. The van der Waals surface area contributed by atoms with Gasteiger partial charge >= 0.3 is 22.4 Å². The molecule has 0 bridgehead atoms. The zero-order chi connectivity index (χ0) is 18.5. The molecule has 0 aromatic heterocycles. The minimum absolute atomic E-state index is 0.178. The highest BCUT2D eigenvalue weighted by Crippen LogP contribution is 2.21. The number of hydrogen-bond acceptors (Lipinski definition) is 7. The molecule has 0 radical (unpaired) electrons. The van der Waals surface area contributed by atoms with Crippen LogP contribution in [0.2, 0.25) is 0 Å². The Bertz CT molecular complexity index is 561. The maximum atomic E-state index is 12.2. The Balaban J connectivity index is 2.74. The van der Waals surface area contributed by atoms with Gasteiger partial charge in [0.1, 0.15) is 0 Å². The molecule has 1 atom stereocenters. The van der Waals surface area contributed by atoms with E-state index in [-0.39, 0.29) is 6.61 Å². The second-order valence-corrected chi connectivity index (χ2v) is 7.57. The van der Waals surface area contributed by atoms with Crippen LogP contribution < -0.4 is 0 Å². The lowest BCUT2D eigenvalue weighted by atomic mass is 9.95. The van der Waals surface area contributed by atoms with E-state index in [1.165, 1.54) is 18.7 Å². The van der Waals surface area contributed by atoms with E-state index in [0.29, 0.717) is 13.0 Å². The molecule has 2 amide bonds. The van der Waals surface area contributed by atoms with Gasteiger partial charge in [0.25, 0.3) is 0 Å². The van der Waals surface area contributed by atoms with Gasteiger partial charge in [-0.15, -0.1) is 4.28 Å². The summed E-state index contributed by atoms with van der Waals surface area (Å²) in [5.41, 5.74) is -1.17. The zero-order valence-corrected chi connectivity index (χ0v) is 15.6. The first kappa shape index (κ1) is 20.7. The summed E-state index contributed by atoms with van der Waals surface area (Å²) in [6, 6.07) is -0.976. The summed E-state index contributed by atoms with van der Waals surface area (Å²) < 4.78 is 38.5. The van der Waals surface area contributed by atoms with Crippen LogP contribution in [0, 0.1) is 5.41 Å². The first-order chi connectivity index (χ1) is 11.0. The Hall–Kier alpha value is -1.39. The van der Waals surface area contributed by atoms with E-state index in [4.69, 9.17) is 13.2 Å². The normalized spacial score (nSPS) is 20.0. The van der Waals surface area contributed by atoms with Crippen LogP contribution in [0.5, 0.6) is 0 Å². The Kier molecular flexibility index (Phi) is 6.99. The van der Waals surface area contributed by atoms with Crippen molar-refractivity contribution >= 4 is 22.4 Å². The molecule has 1 aliphatic rings. The van der Waals surface area contributed by atoms with E-state index in [1.54, 1.807) is 20.9 Å². The van der Waals surface area contributed by atoms with Gasteiger partial charge in [-0.05, 0) is 40.5 Å². The predicted octanol–water partition coefficient (Wildman–Crippen LogP) is 1.30. The largest absolute Gasteiger partial charge is 0.466 e. The van der Waals surface area contributed by atoms with Crippen molar-refractivity contribution in [3.05, 3.63) is 0 Å². The Labute approximate surface area is 143 Å². The second kappa shape index (κ2) is 8.13. The average Bonchev–Trinajstić information content (AvgIpc) is 2.60. The van der Waals surface area contributed by atoms with E-state index >= 15 is 0 Å². The molecule has 24 heavy (non-hydrogen) atoms. The third-order valence-corrected chi connectivity index (χ3v) is 4.34. The maximum absolute atomic E-state index is 12.2. The molecule has 0 aromatic carbocycles. The summed E-state index contributed by atoms with van der Waals surface area (Å²) in [5.74, 6) is -0.584. The van der Waals surface area contributed by atoms with Crippen molar-refractivity contribution in [2.45, 2.75) is 46.6 Å². The third-order valence-electron chi connectivity index (χ3n) is 3.59. The van der Waals surface area contributed by atoms with Crippen molar-refractivity contribution in [2.24, 2.45) is 5.41 Å². The topological polar surface area (TPSA) is 102 Å². The van der Waals surface area contributed by atoms with Gasteiger partial charge < -0.3 is 9.64 Å². The van der Waals surface area contributed by atoms with Crippen LogP contribution in [0.3, 0.4) is 0 Å². The van der Waals surface area contributed by atoms with Crippen LogP contribution in [0.1, 0.15) is 40.5 Å². The van der Waals surface area contributed by atoms with Crippen LogP contribution in [-0.4, -0.2) is 63.2 Å². The minimum atomic E-state index is -4.50. The van der Waals surface area contributed by atoms with E-state index in [1.807, 2.05) is 0 Å². The van der Waals surface area contributed by atoms with E-state index in [2.05, 4.69) is 0 Å². The first-order valence-corrected chi connectivity index (χ1v) is 9.14. The van der Waals surface area contributed by atoms with Crippen LogP contribution in [-0.2, 0) is 28.4 Å². The number of urea groups is 1. The lowest BCUT2D eigenvalue weighted by molar-refractivity contribution is -0.155. The number of ether oxygens (including phenoxy) is 1. The first-order valence-electron chi connectivity index (χ1n) is 7.80. The average molecular weight is 366 g/mol. The van der Waals surface area contributed by atoms with Gasteiger partial charge in [-0.2, -0.15) is 13.5 Å². The number of carbonyl (C=O) groups is 2. The van der Waals surface area contributed by atoms with Gasteiger partial charge in [-0.25, -0.2) is 8.98 Å². The van der Waals surface area contributed by atoms with E-state index in [0.717, 1.165) is 11.5 Å². The molecule has 140 valence electrons. The highest BCUT2D eigenvalue weighted by molar-refractivity contribution is 7.81. The van der Waals surface area contributed by atoms with Crippen molar-refractivity contribution in [1.82, 2.24) is 9.96 Å². The molecular formula is C14H26N2O7S. The number of amides is 2. The molecule has 1 heterocycles. The monoisotopic (exact) mass is 366 g/mol. The predicted molar refractivity (Wildman–Crippen MR) is 84.9 cm³/mol. The number of esters is 1. The third kappa shape index (κ3) is 5.60. The lowest BCUT2D eigenvalue weighted by Gasteiger charge is -2.27. The van der Waals surface area contributed by atoms with Gasteiger partial charge in [0.2, 0.25) is 0 Å². The summed E-state index contributed by atoms with van der Waals surface area (Å²) in [7, 11) is -2.93. The fourth-order valence-electron chi connectivity index (χ4n) is 2.02. The Morgan fingerprint density at radius 1 is 1.38 bits per heavy atom. The standard InChI is InChI=1S/C14H26N2O7S/c1-6-21-12(17)14(3,4)10-22-24(19,20)23-16-11(2)8-7-9-15(5)13(16)18/h11H,6-10H2,1-5H3/t11-/m0/s1. The zero-order valence-electron chi connectivity index (χ0n) is 14.8. The van der Waals surface area contributed by atoms with Crippen molar-refractivity contribution < 1.29 is 31.2 Å². The number of hydrogen-bond donors (Lipinski definition) is 0. The molecule has 0 aromatic rings. The van der Waals surface area contributed by atoms with Crippen molar-refractivity contribution in [3.8, 4) is 0 Å². The van der Waals surface area contributed by atoms with E-state index < -0.39 is 40.5 Å². The van der Waals surface area contributed by atoms with Crippen LogP contribution in [0.4, 0.5) is 4.79 Å². The van der Waals surface area contributed by atoms with Crippen LogP contribution >= 0.6 is 0 Å². The molecule has 1 saturated heterocycles. The van der Waals surface area contributed by atoms with Crippen molar-refractivity contribution in [1.29, 1.82) is 0 Å². The quantitative estimate of drug-likeness (QED) is 0.626. The van der Waals surface area contributed by atoms with Gasteiger partial charge in [-0.3, -0.25) is 4.79 Å². The molecule has 0 spiro atoms. The summed E-state index contributed by atoms with van der Waals surface area (Å²) in [5, 5.41) is 0.791. The van der Waals surface area contributed by atoms with Crippen molar-refractivity contribution in [2.75, 3.05) is 26.8 Å². The van der Waals surface area contributed by atoms with Crippen LogP contribution in [0.25, 0.3) is 0 Å². The molecule has 0 aliphatic carbocycles.